The molecule has 0 aliphatic heterocycles. The summed E-state index contributed by atoms with van der Waals surface area (Å²) in [5.41, 5.74) is 2.51. The van der Waals surface area contributed by atoms with Crippen LogP contribution in [0.4, 0.5) is 0 Å². The van der Waals surface area contributed by atoms with Gasteiger partial charge in [-0.2, -0.15) is 0 Å². The highest BCUT2D eigenvalue weighted by Crippen LogP contribution is 2.42. The number of hydrogen-bond donors (Lipinski definition) is 0. The largest absolute Gasteiger partial charge is 0.315 e. The second-order valence-corrected chi connectivity index (χ2v) is 6.66. The number of benzene rings is 5. The molecule has 0 aliphatic carbocycles. The molecular formula is C24H15N. The van der Waals surface area contributed by atoms with Gasteiger partial charge in [-0.3, -0.25) is 0 Å². The Morgan fingerprint density at radius 2 is 1.20 bits per heavy atom. The molecule has 1 nitrogen and oxygen atoms in total. The molecule has 0 unspecified atom stereocenters. The Morgan fingerprint density at radius 3 is 2.08 bits per heavy atom. The summed E-state index contributed by atoms with van der Waals surface area (Å²) >= 11 is 0. The van der Waals surface area contributed by atoms with Crippen LogP contribution in [-0.2, 0) is 0 Å². The monoisotopic (exact) mass is 317 g/mol. The van der Waals surface area contributed by atoms with Crippen molar-refractivity contribution in [2.75, 3.05) is 0 Å². The molecule has 0 saturated heterocycles. The highest BCUT2D eigenvalue weighted by Gasteiger charge is 2.17. The molecule has 0 aliphatic rings. The van der Waals surface area contributed by atoms with E-state index in [2.05, 4.69) is 95.7 Å². The van der Waals surface area contributed by atoms with Crippen LogP contribution < -0.4 is 0 Å². The Balaban J connectivity index is 1.98. The molecule has 1 heteroatoms. The van der Waals surface area contributed by atoms with E-state index in [1.807, 2.05) is 0 Å². The van der Waals surface area contributed by atoms with Gasteiger partial charge >= 0.3 is 0 Å². The van der Waals surface area contributed by atoms with Crippen molar-refractivity contribution in [3.63, 3.8) is 0 Å². The van der Waals surface area contributed by atoms with Crippen LogP contribution in [0.25, 0.3) is 48.9 Å². The molecule has 5 aromatic carbocycles. The van der Waals surface area contributed by atoms with Crippen molar-refractivity contribution in [1.29, 1.82) is 0 Å². The fourth-order valence-corrected chi connectivity index (χ4v) is 4.29. The summed E-state index contributed by atoms with van der Waals surface area (Å²) in [6.07, 6.45) is 2.28. The van der Waals surface area contributed by atoms with E-state index in [1.54, 1.807) is 0 Å². The lowest BCUT2D eigenvalue weighted by Gasteiger charge is -2.12. The smallest absolute Gasteiger partial charge is 0.0619 e. The second kappa shape index (κ2) is 4.61. The van der Waals surface area contributed by atoms with Gasteiger partial charge in [0.1, 0.15) is 0 Å². The average molecular weight is 317 g/mol. The summed E-state index contributed by atoms with van der Waals surface area (Å²) < 4.78 is 2.35. The molecule has 0 N–H and O–H groups in total. The van der Waals surface area contributed by atoms with Crippen molar-refractivity contribution < 1.29 is 0 Å². The van der Waals surface area contributed by atoms with Crippen LogP contribution in [0.1, 0.15) is 0 Å². The van der Waals surface area contributed by atoms with Gasteiger partial charge in [0, 0.05) is 28.0 Å². The first-order chi connectivity index (χ1) is 12.4. The van der Waals surface area contributed by atoms with E-state index in [4.69, 9.17) is 0 Å². The maximum atomic E-state index is 2.35. The Labute approximate surface area is 145 Å². The van der Waals surface area contributed by atoms with E-state index in [0.29, 0.717) is 0 Å². The topological polar surface area (TPSA) is 4.93 Å². The normalized spacial score (nSPS) is 12.0. The maximum absolute atomic E-state index is 2.35. The van der Waals surface area contributed by atoms with Crippen LogP contribution >= 0.6 is 0 Å². The molecule has 0 saturated carbocycles. The fourth-order valence-electron chi connectivity index (χ4n) is 4.29. The predicted octanol–water partition coefficient (Wildman–Crippen LogP) is 6.53. The fraction of sp³-hybridized carbons (Fsp3) is 0. The quantitative estimate of drug-likeness (QED) is 0.240. The van der Waals surface area contributed by atoms with Gasteiger partial charge in [0.05, 0.1) is 5.52 Å². The number of nitrogens with zero attached hydrogens (tertiary/aromatic N) is 1. The van der Waals surface area contributed by atoms with Crippen LogP contribution in [-0.4, -0.2) is 4.57 Å². The van der Waals surface area contributed by atoms with Gasteiger partial charge in [-0.15, -0.1) is 0 Å². The molecule has 0 fully saturated rings. The molecule has 25 heavy (non-hydrogen) atoms. The van der Waals surface area contributed by atoms with E-state index in [1.165, 1.54) is 48.9 Å². The zero-order valence-electron chi connectivity index (χ0n) is 13.6. The number of para-hydroxylation sites is 1. The van der Waals surface area contributed by atoms with Crippen molar-refractivity contribution in [3.8, 4) is 5.69 Å². The van der Waals surface area contributed by atoms with Crippen molar-refractivity contribution in [1.82, 2.24) is 4.57 Å². The SMILES string of the molecule is c1ccc(-n2cc3ccc4cccc5c6ccccc6c2c3c45)cc1. The minimum atomic E-state index is 1.20. The Morgan fingerprint density at radius 1 is 0.480 bits per heavy atom. The molecule has 0 bridgehead atoms. The van der Waals surface area contributed by atoms with Gasteiger partial charge < -0.3 is 4.57 Å². The van der Waals surface area contributed by atoms with Crippen molar-refractivity contribution in [2.45, 2.75) is 0 Å². The summed E-state index contributed by atoms with van der Waals surface area (Å²) in [7, 11) is 0. The molecule has 0 atom stereocenters. The van der Waals surface area contributed by atoms with E-state index in [-0.39, 0.29) is 0 Å². The van der Waals surface area contributed by atoms with Crippen LogP contribution in [0.2, 0.25) is 0 Å². The third-order valence-electron chi connectivity index (χ3n) is 5.33. The molecule has 116 valence electrons. The Kier molecular flexibility index (Phi) is 2.40. The summed E-state index contributed by atoms with van der Waals surface area (Å²) in [5.74, 6) is 0. The lowest BCUT2D eigenvalue weighted by Crippen LogP contribution is -1.92. The maximum Gasteiger partial charge on any atom is 0.0619 e. The number of hydrogen-bond acceptors (Lipinski definition) is 0. The van der Waals surface area contributed by atoms with Crippen LogP contribution in [0, 0.1) is 0 Å². The van der Waals surface area contributed by atoms with Crippen LogP contribution in [0.3, 0.4) is 0 Å². The second-order valence-electron chi connectivity index (χ2n) is 6.66. The minimum absolute atomic E-state index is 1.20. The first kappa shape index (κ1) is 13.0. The van der Waals surface area contributed by atoms with Gasteiger partial charge in [-0.1, -0.05) is 72.8 Å². The molecule has 6 rings (SSSR count). The molecule has 1 heterocycles. The first-order valence-electron chi connectivity index (χ1n) is 8.64. The molecule has 0 spiro atoms. The standard InChI is InChI=1S/C24H15N/c1-2-8-18(9-3-1)25-15-17-14-13-16-7-6-12-20-19-10-4-5-11-21(19)24(25)23(17)22(16)20/h1-15H. The van der Waals surface area contributed by atoms with Gasteiger partial charge in [0.2, 0.25) is 0 Å². The Bertz CT molecular complexity index is 1370. The van der Waals surface area contributed by atoms with Crippen molar-refractivity contribution in [2.24, 2.45) is 0 Å². The number of aromatic nitrogens is 1. The zero-order chi connectivity index (χ0) is 16.4. The van der Waals surface area contributed by atoms with Gasteiger partial charge in [-0.25, -0.2) is 0 Å². The van der Waals surface area contributed by atoms with Gasteiger partial charge in [-0.05, 0) is 33.7 Å². The van der Waals surface area contributed by atoms with Gasteiger partial charge in [0.15, 0.2) is 0 Å². The predicted molar refractivity (Wildman–Crippen MR) is 107 cm³/mol. The lowest BCUT2D eigenvalue weighted by atomic mass is 9.93. The number of rotatable bonds is 1. The summed E-state index contributed by atoms with van der Waals surface area (Å²) in [6.45, 7) is 0. The zero-order valence-corrected chi connectivity index (χ0v) is 13.6. The third kappa shape index (κ3) is 1.62. The summed E-state index contributed by atoms with van der Waals surface area (Å²) in [5, 5.41) is 9.34. The highest BCUT2D eigenvalue weighted by molar-refractivity contribution is 6.33. The number of fused-ring (bicyclic) bond motifs is 3. The molecule has 0 radical (unpaired) electrons. The summed E-state index contributed by atoms with van der Waals surface area (Å²) in [4.78, 5) is 0. The molecular weight excluding hydrogens is 302 g/mol. The van der Waals surface area contributed by atoms with E-state index < -0.39 is 0 Å². The van der Waals surface area contributed by atoms with E-state index >= 15 is 0 Å². The van der Waals surface area contributed by atoms with Crippen LogP contribution in [0.15, 0.2) is 91.1 Å². The van der Waals surface area contributed by atoms with Crippen LogP contribution in [0.5, 0.6) is 0 Å². The molecule has 0 amide bonds. The van der Waals surface area contributed by atoms with Gasteiger partial charge in [0.25, 0.3) is 0 Å². The highest BCUT2D eigenvalue weighted by atomic mass is 15.0. The molecule has 6 aromatic rings. The summed E-state index contributed by atoms with van der Waals surface area (Å²) in [6, 6.07) is 30.5. The minimum Gasteiger partial charge on any atom is -0.315 e. The first-order valence-corrected chi connectivity index (χ1v) is 8.64. The third-order valence-corrected chi connectivity index (χ3v) is 5.33. The van der Waals surface area contributed by atoms with E-state index in [0.717, 1.165) is 0 Å². The lowest BCUT2D eigenvalue weighted by molar-refractivity contribution is 1.14. The Hall–Kier alpha value is -3.32. The van der Waals surface area contributed by atoms with Crippen molar-refractivity contribution in [3.05, 3.63) is 91.1 Å². The van der Waals surface area contributed by atoms with Crippen molar-refractivity contribution >= 4 is 43.2 Å². The average Bonchev–Trinajstić information content (AvgIpc) is 3.09. The molecule has 1 aromatic heterocycles. The van der Waals surface area contributed by atoms with E-state index in [9.17, 15) is 0 Å².